The van der Waals surface area contributed by atoms with Gasteiger partial charge in [-0.2, -0.15) is 0 Å². The number of rotatable bonds is 3. The van der Waals surface area contributed by atoms with Gasteiger partial charge in [0.15, 0.2) is 5.78 Å². The molecule has 0 bridgehead atoms. The first-order valence-corrected chi connectivity index (χ1v) is 9.87. The number of unbranched alkanes of at least 4 members (excludes halogenated alkanes) is 1. The van der Waals surface area contributed by atoms with Gasteiger partial charge in [0, 0.05) is 30.5 Å². The molecule has 0 aromatic heterocycles. The van der Waals surface area contributed by atoms with E-state index in [4.69, 9.17) is 0 Å². The Kier molecular flexibility index (Phi) is 5.56. The normalized spacial score (nSPS) is 19.7. The molecule has 0 N–H and O–H groups in total. The monoisotopic (exact) mass is 363 g/mol. The van der Waals surface area contributed by atoms with Crippen LogP contribution < -0.4 is 0 Å². The SMILES string of the molecule is C=C1CCC(N2Cc3c(C#CCCCC(C)(C)C)cccc3C2=O)C(=O)C1. The van der Waals surface area contributed by atoms with Crippen molar-refractivity contribution in [3.05, 3.63) is 47.0 Å². The number of carbonyl (C=O) groups is 2. The molecular weight excluding hydrogens is 334 g/mol. The number of benzene rings is 1. The van der Waals surface area contributed by atoms with Crippen molar-refractivity contribution in [2.45, 2.75) is 71.9 Å². The zero-order chi connectivity index (χ0) is 19.6. The van der Waals surface area contributed by atoms with Crippen molar-refractivity contribution < 1.29 is 9.59 Å². The highest BCUT2D eigenvalue weighted by Crippen LogP contribution is 2.32. The van der Waals surface area contributed by atoms with Crippen molar-refractivity contribution >= 4 is 11.7 Å². The summed E-state index contributed by atoms with van der Waals surface area (Å²) in [5, 5.41) is 0. The molecule has 3 rings (SSSR count). The predicted octanol–water partition coefficient (Wildman–Crippen LogP) is 4.89. The molecule has 142 valence electrons. The number of allylic oxidation sites excluding steroid dienone is 1. The van der Waals surface area contributed by atoms with Gasteiger partial charge in [-0.25, -0.2) is 0 Å². The summed E-state index contributed by atoms with van der Waals surface area (Å²) in [5.41, 5.74) is 3.91. The highest BCUT2D eigenvalue weighted by molar-refractivity contribution is 6.02. The Morgan fingerprint density at radius 3 is 2.74 bits per heavy atom. The van der Waals surface area contributed by atoms with Crippen LogP contribution in [0.5, 0.6) is 0 Å². The largest absolute Gasteiger partial charge is 0.324 e. The van der Waals surface area contributed by atoms with Gasteiger partial charge in [0.2, 0.25) is 0 Å². The summed E-state index contributed by atoms with van der Waals surface area (Å²) in [6.07, 6.45) is 4.99. The highest BCUT2D eigenvalue weighted by atomic mass is 16.2. The molecule has 27 heavy (non-hydrogen) atoms. The summed E-state index contributed by atoms with van der Waals surface area (Å²) in [6, 6.07) is 5.42. The van der Waals surface area contributed by atoms with Crippen LogP contribution in [-0.2, 0) is 11.3 Å². The molecule has 1 atom stereocenters. The standard InChI is InChI=1S/C24H29NO2/c1-17-12-13-21(22(26)15-17)25-16-20-18(10-8-11-19(20)23(25)27)9-6-5-7-14-24(2,3)4/h8,10-11,21H,1,5,7,12-16H2,2-4H3. The Labute approximate surface area is 162 Å². The Morgan fingerprint density at radius 2 is 2.04 bits per heavy atom. The van der Waals surface area contributed by atoms with Crippen molar-refractivity contribution in [2.24, 2.45) is 5.41 Å². The van der Waals surface area contributed by atoms with Gasteiger partial charge in [0.05, 0.1) is 6.04 Å². The van der Waals surface area contributed by atoms with Crippen LogP contribution in [0.3, 0.4) is 0 Å². The number of amides is 1. The second-order valence-corrected chi connectivity index (χ2v) is 8.93. The van der Waals surface area contributed by atoms with Crippen LogP contribution in [-0.4, -0.2) is 22.6 Å². The van der Waals surface area contributed by atoms with Gasteiger partial charge >= 0.3 is 0 Å². The summed E-state index contributed by atoms with van der Waals surface area (Å²) in [4.78, 5) is 27.0. The molecule has 1 saturated carbocycles. The molecule has 1 aliphatic carbocycles. The average Bonchev–Trinajstić information content (AvgIpc) is 2.91. The molecular formula is C24H29NO2. The lowest BCUT2D eigenvalue weighted by Gasteiger charge is -2.30. The van der Waals surface area contributed by atoms with Gasteiger partial charge in [-0.05, 0) is 48.8 Å². The number of carbonyl (C=O) groups excluding carboxylic acids is 2. The van der Waals surface area contributed by atoms with Gasteiger partial charge in [0.1, 0.15) is 0 Å². The third-order valence-corrected chi connectivity index (χ3v) is 5.39. The van der Waals surface area contributed by atoms with Gasteiger partial charge < -0.3 is 4.90 Å². The fraction of sp³-hybridized carbons (Fsp3) is 0.500. The molecule has 1 unspecified atom stereocenters. The van der Waals surface area contributed by atoms with Crippen LogP contribution in [0.15, 0.2) is 30.4 Å². The summed E-state index contributed by atoms with van der Waals surface area (Å²) in [7, 11) is 0. The maximum Gasteiger partial charge on any atom is 0.255 e. The Hall–Kier alpha value is -2.34. The molecule has 3 nitrogen and oxygen atoms in total. The van der Waals surface area contributed by atoms with E-state index in [0.29, 0.717) is 30.4 Å². The van der Waals surface area contributed by atoms with Gasteiger partial charge in [-0.1, -0.05) is 50.8 Å². The molecule has 1 heterocycles. The highest BCUT2D eigenvalue weighted by Gasteiger charge is 2.38. The smallest absolute Gasteiger partial charge is 0.255 e. The fourth-order valence-corrected chi connectivity index (χ4v) is 3.87. The van der Waals surface area contributed by atoms with Crippen molar-refractivity contribution in [2.75, 3.05) is 0 Å². The van der Waals surface area contributed by atoms with E-state index in [-0.39, 0.29) is 17.7 Å². The van der Waals surface area contributed by atoms with Gasteiger partial charge in [-0.3, -0.25) is 9.59 Å². The summed E-state index contributed by atoms with van der Waals surface area (Å²) in [5.74, 6) is 6.61. The zero-order valence-corrected chi connectivity index (χ0v) is 16.7. The van der Waals surface area contributed by atoms with E-state index < -0.39 is 0 Å². The van der Waals surface area contributed by atoms with E-state index in [1.807, 2.05) is 18.2 Å². The Bertz CT molecular complexity index is 832. The number of hydrogen-bond acceptors (Lipinski definition) is 2. The first-order chi connectivity index (χ1) is 12.8. The van der Waals surface area contributed by atoms with E-state index in [2.05, 4.69) is 39.2 Å². The molecule has 3 heteroatoms. The lowest BCUT2D eigenvalue weighted by Crippen LogP contribution is -2.43. The third-order valence-electron chi connectivity index (χ3n) is 5.39. The number of hydrogen-bond donors (Lipinski definition) is 0. The Balaban J connectivity index is 1.73. The van der Waals surface area contributed by atoms with Crippen LogP contribution >= 0.6 is 0 Å². The molecule has 1 aromatic carbocycles. The summed E-state index contributed by atoms with van der Waals surface area (Å²) in [6.45, 7) is 11.1. The Morgan fingerprint density at radius 1 is 1.26 bits per heavy atom. The van der Waals surface area contributed by atoms with E-state index in [0.717, 1.165) is 42.4 Å². The number of nitrogens with zero attached hydrogens (tertiary/aromatic N) is 1. The van der Waals surface area contributed by atoms with Crippen LogP contribution in [0, 0.1) is 17.3 Å². The molecule has 1 aromatic rings. The van der Waals surface area contributed by atoms with Crippen LogP contribution in [0.1, 0.15) is 80.8 Å². The van der Waals surface area contributed by atoms with E-state index >= 15 is 0 Å². The van der Waals surface area contributed by atoms with Crippen molar-refractivity contribution in [3.8, 4) is 11.8 Å². The summed E-state index contributed by atoms with van der Waals surface area (Å²) < 4.78 is 0. The first kappa shape index (κ1) is 19.4. The predicted molar refractivity (Wildman–Crippen MR) is 108 cm³/mol. The fourth-order valence-electron chi connectivity index (χ4n) is 3.87. The van der Waals surface area contributed by atoms with Crippen LogP contribution in [0.4, 0.5) is 0 Å². The number of fused-ring (bicyclic) bond motifs is 1. The van der Waals surface area contributed by atoms with Gasteiger partial charge in [0.25, 0.3) is 5.91 Å². The second-order valence-electron chi connectivity index (χ2n) is 8.93. The maximum atomic E-state index is 12.9. The van der Waals surface area contributed by atoms with Crippen molar-refractivity contribution in [3.63, 3.8) is 0 Å². The minimum Gasteiger partial charge on any atom is -0.324 e. The van der Waals surface area contributed by atoms with Crippen molar-refractivity contribution in [1.29, 1.82) is 0 Å². The van der Waals surface area contributed by atoms with E-state index in [9.17, 15) is 9.59 Å². The molecule has 0 radical (unpaired) electrons. The zero-order valence-electron chi connectivity index (χ0n) is 16.7. The van der Waals surface area contributed by atoms with E-state index in [1.165, 1.54) is 0 Å². The van der Waals surface area contributed by atoms with Crippen molar-refractivity contribution in [1.82, 2.24) is 4.90 Å². The number of ketones is 1. The molecule has 1 amide bonds. The minimum atomic E-state index is -0.317. The first-order valence-electron chi connectivity index (χ1n) is 9.87. The second kappa shape index (κ2) is 7.72. The lowest BCUT2D eigenvalue weighted by atomic mass is 9.89. The molecule has 0 spiro atoms. The van der Waals surface area contributed by atoms with E-state index in [1.54, 1.807) is 4.90 Å². The quantitative estimate of drug-likeness (QED) is 0.436. The maximum absolute atomic E-state index is 12.9. The molecule has 1 fully saturated rings. The third kappa shape index (κ3) is 4.50. The summed E-state index contributed by atoms with van der Waals surface area (Å²) >= 11 is 0. The molecule has 0 saturated heterocycles. The topological polar surface area (TPSA) is 37.4 Å². The van der Waals surface area contributed by atoms with Gasteiger partial charge in [-0.15, -0.1) is 0 Å². The number of Topliss-reactive ketones (excluding diaryl/α,β-unsaturated/α-hetero) is 1. The van der Waals surface area contributed by atoms with Crippen LogP contribution in [0.2, 0.25) is 0 Å². The molecule has 2 aliphatic rings. The molecule has 1 aliphatic heterocycles. The average molecular weight is 364 g/mol. The van der Waals surface area contributed by atoms with Crippen LogP contribution in [0.25, 0.3) is 0 Å². The lowest BCUT2D eigenvalue weighted by molar-refractivity contribution is -0.124. The minimum absolute atomic E-state index is 0.0350.